The fourth-order valence-electron chi connectivity index (χ4n) is 0.854. The third kappa shape index (κ3) is 2.01. The summed E-state index contributed by atoms with van der Waals surface area (Å²) in [4.78, 5) is 0. The van der Waals surface area contributed by atoms with Crippen molar-refractivity contribution in [3.05, 3.63) is 33.1 Å². The van der Waals surface area contributed by atoms with E-state index in [1.807, 2.05) is 0 Å². The maximum Gasteiger partial charge on any atom is 0.420 e. The lowest BCUT2D eigenvalue weighted by atomic mass is 10.2. The Morgan fingerprint density at radius 3 is 1.60 bits per heavy atom. The molecule has 0 aliphatic heterocycles. The van der Waals surface area contributed by atoms with Crippen molar-refractivity contribution in [2.45, 2.75) is 6.18 Å². The first-order valence-corrected chi connectivity index (χ1v) is 4.02. The van der Waals surface area contributed by atoms with Gasteiger partial charge in [-0.3, -0.25) is 0 Å². The molecule has 0 aliphatic carbocycles. The number of benzene rings is 1. The summed E-state index contributed by atoms with van der Waals surface area (Å²) in [6.07, 6.45) is -5.30. The summed E-state index contributed by atoms with van der Waals surface area (Å²) in [6, 6.07) is 0. The Bertz CT molecular complexity index is 382. The Balaban J connectivity index is 3.68. The van der Waals surface area contributed by atoms with Crippen LogP contribution in [-0.2, 0) is 6.18 Å². The van der Waals surface area contributed by atoms with Crippen LogP contribution in [0.2, 0.25) is 10.0 Å². The van der Waals surface area contributed by atoms with E-state index >= 15 is 0 Å². The maximum atomic E-state index is 12.8. The van der Waals surface area contributed by atoms with E-state index in [9.17, 15) is 26.3 Å². The van der Waals surface area contributed by atoms with E-state index in [2.05, 4.69) is 0 Å². The minimum Gasteiger partial charge on any atom is -0.204 e. The maximum absolute atomic E-state index is 12.8. The Morgan fingerprint density at radius 1 is 0.733 bits per heavy atom. The van der Waals surface area contributed by atoms with Crippen LogP contribution in [0.25, 0.3) is 0 Å². The molecular weight excluding hydrogens is 269 g/mol. The van der Waals surface area contributed by atoms with Gasteiger partial charge in [-0.25, -0.2) is 13.2 Å². The van der Waals surface area contributed by atoms with Crippen molar-refractivity contribution < 1.29 is 26.3 Å². The summed E-state index contributed by atoms with van der Waals surface area (Å²) >= 11 is 9.74. The van der Waals surface area contributed by atoms with Gasteiger partial charge in [0.2, 0.25) is 0 Å². The number of hydrogen-bond acceptors (Lipinski definition) is 0. The van der Waals surface area contributed by atoms with E-state index in [4.69, 9.17) is 23.2 Å². The summed E-state index contributed by atoms with van der Waals surface area (Å²) in [6.45, 7) is 0. The first-order valence-electron chi connectivity index (χ1n) is 3.26. The zero-order valence-electron chi connectivity index (χ0n) is 6.52. The van der Waals surface area contributed by atoms with Crippen molar-refractivity contribution in [3.8, 4) is 0 Å². The highest BCUT2D eigenvalue weighted by molar-refractivity contribution is 6.35. The molecule has 0 spiro atoms. The van der Waals surface area contributed by atoms with Crippen molar-refractivity contribution in [2.75, 3.05) is 0 Å². The molecule has 0 saturated heterocycles. The number of halogens is 8. The quantitative estimate of drug-likeness (QED) is 0.371. The Morgan fingerprint density at radius 2 is 1.20 bits per heavy atom. The normalized spacial score (nSPS) is 12.0. The molecule has 15 heavy (non-hydrogen) atoms. The minimum absolute atomic E-state index is 1.41. The molecule has 0 radical (unpaired) electrons. The van der Waals surface area contributed by atoms with Crippen molar-refractivity contribution in [3.63, 3.8) is 0 Å². The van der Waals surface area contributed by atoms with Crippen LogP contribution in [-0.4, -0.2) is 0 Å². The molecule has 0 unspecified atom stereocenters. The second-order valence-corrected chi connectivity index (χ2v) is 3.20. The molecule has 0 bridgehead atoms. The van der Waals surface area contributed by atoms with Crippen LogP contribution in [0.1, 0.15) is 5.56 Å². The van der Waals surface area contributed by atoms with Crippen molar-refractivity contribution >= 4 is 23.2 Å². The molecule has 1 rings (SSSR count). The van der Waals surface area contributed by atoms with Crippen LogP contribution in [0, 0.1) is 17.5 Å². The Hall–Kier alpha value is -0.620. The first-order chi connectivity index (χ1) is 6.68. The van der Waals surface area contributed by atoms with Crippen LogP contribution in [0.15, 0.2) is 0 Å². The minimum atomic E-state index is -5.30. The smallest absolute Gasteiger partial charge is 0.204 e. The molecule has 0 saturated carbocycles. The SMILES string of the molecule is Fc1c(F)c(C(F)(F)F)c(Cl)c(F)c1Cl. The average Bonchev–Trinajstić information content (AvgIpc) is 2.09. The summed E-state index contributed by atoms with van der Waals surface area (Å²) in [5.41, 5.74) is -2.21. The topological polar surface area (TPSA) is 0 Å². The standard InChI is InChI=1S/C7Cl2F6/c8-2-1(7(13,14)15)4(10)6(12)3(9)5(2)11. The van der Waals surface area contributed by atoms with Gasteiger partial charge in [-0.2, -0.15) is 13.2 Å². The molecule has 0 aliphatic rings. The molecular formula is C7Cl2F6. The van der Waals surface area contributed by atoms with E-state index in [0.29, 0.717) is 0 Å². The molecule has 0 nitrogen and oxygen atoms in total. The lowest BCUT2D eigenvalue weighted by Crippen LogP contribution is -2.12. The zero-order valence-corrected chi connectivity index (χ0v) is 8.04. The first kappa shape index (κ1) is 12.4. The Kier molecular flexibility index (Phi) is 3.11. The predicted octanol–water partition coefficient (Wildman–Crippen LogP) is 4.43. The highest BCUT2D eigenvalue weighted by Crippen LogP contribution is 2.41. The number of alkyl halides is 3. The van der Waals surface area contributed by atoms with Gasteiger partial charge in [0.15, 0.2) is 17.5 Å². The largest absolute Gasteiger partial charge is 0.420 e. The van der Waals surface area contributed by atoms with Crippen LogP contribution >= 0.6 is 23.2 Å². The van der Waals surface area contributed by atoms with Gasteiger partial charge in [0.05, 0.1) is 5.02 Å². The molecule has 1 aromatic rings. The molecule has 0 N–H and O–H groups in total. The number of hydrogen-bond donors (Lipinski definition) is 0. The second kappa shape index (κ2) is 3.75. The van der Waals surface area contributed by atoms with Gasteiger partial charge in [0.25, 0.3) is 0 Å². The molecule has 0 heterocycles. The van der Waals surface area contributed by atoms with Gasteiger partial charge >= 0.3 is 6.18 Å². The Labute approximate surface area is 89.4 Å². The lowest BCUT2D eigenvalue weighted by Gasteiger charge is -2.12. The summed E-state index contributed by atoms with van der Waals surface area (Å²) in [5.74, 6) is -6.28. The van der Waals surface area contributed by atoms with Crippen molar-refractivity contribution in [1.29, 1.82) is 0 Å². The van der Waals surface area contributed by atoms with Gasteiger partial charge in [-0.05, 0) is 0 Å². The zero-order chi connectivity index (χ0) is 12.0. The van der Waals surface area contributed by atoms with Crippen LogP contribution in [0.3, 0.4) is 0 Å². The lowest BCUT2D eigenvalue weighted by molar-refractivity contribution is -0.140. The summed E-state index contributed by atoms with van der Waals surface area (Å²) in [5, 5.41) is -3.00. The highest BCUT2D eigenvalue weighted by atomic mass is 35.5. The van der Waals surface area contributed by atoms with Gasteiger partial charge in [-0.15, -0.1) is 0 Å². The summed E-state index contributed by atoms with van der Waals surface area (Å²) in [7, 11) is 0. The van der Waals surface area contributed by atoms with E-state index in [0.717, 1.165) is 0 Å². The van der Waals surface area contributed by atoms with Gasteiger partial charge in [0.1, 0.15) is 10.6 Å². The monoisotopic (exact) mass is 268 g/mol. The van der Waals surface area contributed by atoms with Gasteiger partial charge in [0, 0.05) is 0 Å². The average molecular weight is 269 g/mol. The van der Waals surface area contributed by atoms with E-state index in [1.165, 1.54) is 0 Å². The summed E-state index contributed by atoms with van der Waals surface area (Å²) < 4.78 is 74.5. The fourth-order valence-corrected chi connectivity index (χ4v) is 1.36. The fraction of sp³-hybridized carbons (Fsp3) is 0.143. The highest BCUT2D eigenvalue weighted by Gasteiger charge is 2.41. The third-order valence-corrected chi connectivity index (χ3v) is 2.18. The molecule has 0 atom stereocenters. The van der Waals surface area contributed by atoms with E-state index < -0.39 is 39.2 Å². The molecule has 8 heteroatoms. The molecule has 0 amide bonds. The van der Waals surface area contributed by atoms with E-state index in [-0.39, 0.29) is 0 Å². The van der Waals surface area contributed by atoms with Crippen LogP contribution in [0.4, 0.5) is 26.3 Å². The molecule has 84 valence electrons. The predicted molar refractivity (Wildman–Crippen MR) is 41.3 cm³/mol. The van der Waals surface area contributed by atoms with Crippen LogP contribution in [0.5, 0.6) is 0 Å². The molecule has 0 fully saturated rings. The van der Waals surface area contributed by atoms with E-state index in [1.54, 1.807) is 0 Å². The van der Waals surface area contributed by atoms with Gasteiger partial charge < -0.3 is 0 Å². The molecule has 0 aromatic heterocycles. The van der Waals surface area contributed by atoms with Gasteiger partial charge in [-0.1, -0.05) is 23.2 Å². The van der Waals surface area contributed by atoms with Crippen molar-refractivity contribution in [1.82, 2.24) is 0 Å². The number of rotatable bonds is 0. The second-order valence-electron chi connectivity index (χ2n) is 2.44. The third-order valence-electron chi connectivity index (χ3n) is 1.49. The van der Waals surface area contributed by atoms with Crippen molar-refractivity contribution in [2.24, 2.45) is 0 Å². The molecule has 1 aromatic carbocycles. The van der Waals surface area contributed by atoms with Crippen LogP contribution < -0.4 is 0 Å².